The first-order valence-electron chi connectivity index (χ1n) is 7.24. The summed E-state index contributed by atoms with van der Waals surface area (Å²) in [6.07, 6.45) is 6.35. The SMILES string of the molecule is CCCC(C)CS(=O)(=O)NC1CC2CCC(C1)N2. The van der Waals surface area contributed by atoms with Crippen molar-refractivity contribution in [3.8, 4) is 0 Å². The fraction of sp³-hybridized carbons (Fsp3) is 1.00. The maximum atomic E-state index is 12.1. The standard InChI is InChI=1S/C13H26N2O2S/c1-3-4-10(2)9-18(16,17)15-13-7-11-5-6-12(8-13)14-11/h10-15H,3-9H2,1-2H3. The van der Waals surface area contributed by atoms with Crippen LogP contribution in [0, 0.1) is 5.92 Å². The molecule has 3 unspecified atom stereocenters. The summed E-state index contributed by atoms with van der Waals surface area (Å²) in [5.41, 5.74) is 0. The topological polar surface area (TPSA) is 58.2 Å². The molecule has 4 nitrogen and oxygen atoms in total. The van der Waals surface area contributed by atoms with E-state index in [4.69, 9.17) is 0 Å². The van der Waals surface area contributed by atoms with E-state index in [1.54, 1.807) is 0 Å². The molecule has 18 heavy (non-hydrogen) atoms. The summed E-state index contributed by atoms with van der Waals surface area (Å²) in [5, 5.41) is 3.53. The predicted molar refractivity (Wildman–Crippen MR) is 74.0 cm³/mol. The number of piperidine rings is 1. The van der Waals surface area contributed by atoms with Gasteiger partial charge >= 0.3 is 0 Å². The molecule has 0 saturated carbocycles. The van der Waals surface area contributed by atoms with Crippen LogP contribution in [0.4, 0.5) is 0 Å². The van der Waals surface area contributed by atoms with Gasteiger partial charge in [-0.3, -0.25) is 0 Å². The zero-order valence-electron chi connectivity index (χ0n) is 11.5. The summed E-state index contributed by atoms with van der Waals surface area (Å²) in [6.45, 7) is 4.12. The minimum atomic E-state index is -3.10. The first-order valence-corrected chi connectivity index (χ1v) is 8.89. The zero-order chi connectivity index (χ0) is 13.2. The van der Waals surface area contributed by atoms with Crippen molar-refractivity contribution < 1.29 is 8.42 Å². The Morgan fingerprint density at radius 3 is 2.44 bits per heavy atom. The summed E-state index contributed by atoms with van der Waals surface area (Å²) >= 11 is 0. The number of hydrogen-bond acceptors (Lipinski definition) is 3. The monoisotopic (exact) mass is 274 g/mol. The Morgan fingerprint density at radius 1 is 1.28 bits per heavy atom. The second-order valence-electron chi connectivity index (χ2n) is 6.10. The van der Waals surface area contributed by atoms with Crippen LogP contribution in [0.2, 0.25) is 0 Å². The third-order valence-corrected chi connectivity index (χ3v) is 5.81. The highest BCUT2D eigenvalue weighted by Crippen LogP contribution is 2.27. The molecule has 2 N–H and O–H groups in total. The van der Waals surface area contributed by atoms with Crippen molar-refractivity contribution in [2.45, 2.75) is 70.5 Å². The van der Waals surface area contributed by atoms with Gasteiger partial charge in [-0.1, -0.05) is 20.3 Å². The Hall–Kier alpha value is -0.130. The molecule has 2 rings (SSSR count). The normalized spacial score (nSPS) is 33.6. The predicted octanol–water partition coefficient (Wildman–Crippen LogP) is 1.62. The van der Waals surface area contributed by atoms with Crippen LogP contribution in [0.25, 0.3) is 0 Å². The Balaban J connectivity index is 1.84. The number of hydrogen-bond donors (Lipinski definition) is 2. The second-order valence-corrected chi connectivity index (χ2v) is 7.90. The molecular formula is C13H26N2O2S. The molecule has 0 aliphatic carbocycles. The zero-order valence-corrected chi connectivity index (χ0v) is 12.3. The lowest BCUT2D eigenvalue weighted by Crippen LogP contribution is -2.48. The minimum absolute atomic E-state index is 0.155. The molecule has 2 saturated heterocycles. The first-order chi connectivity index (χ1) is 8.48. The van der Waals surface area contributed by atoms with Crippen LogP contribution in [0.1, 0.15) is 52.4 Å². The average molecular weight is 274 g/mol. The van der Waals surface area contributed by atoms with Crippen molar-refractivity contribution in [2.24, 2.45) is 5.92 Å². The van der Waals surface area contributed by atoms with Crippen LogP contribution < -0.4 is 10.0 Å². The van der Waals surface area contributed by atoms with Crippen LogP contribution in [-0.4, -0.2) is 32.3 Å². The summed E-state index contributed by atoms with van der Waals surface area (Å²) in [5.74, 6) is 0.533. The summed E-state index contributed by atoms with van der Waals surface area (Å²) in [7, 11) is -3.10. The molecular weight excluding hydrogens is 248 g/mol. The van der Waals surface area contributed by atoms with Crippen molar-refractivity contribution >= 4 is 10.0 Å². The third kappa shape index (κ3) is 3.93. The van der Waals surface area contributed by atoms with E-state index in [0.29, 0.717) is 12.1 Å². The molecule has 106 valence electrons. The smallest absolute Gasteiger partial charge is 0.212 e. The van der Waals surface area contributed by atoms with Crippen molar-refractivity contribution in [1.29, 1.82) is 0 Å². The van der Waals surface area contributed by atoms with Crippen LogP contribution in [0.5, 0.6) is 0 Å². The lowest BCUT2D eigenvalue weighted by atomic mass is 10.0. The number of fused-ring (bicyclic) bond motifs is 2. The van der Waals surface area contributed by atoms with Crippen LogP contribution in [-0.2, 0) is 10.0 Å². The highest BCUT2D eigenvalue weighted by molar-refractivity contribution is 7.89. The number of nitrogens with one attached hydrogen (secondary N) is 2. The summed E-state index contributed by atoms with van der Waals surface area (Å²) < 4.78 is 27.1. The molecule has 0 radical (unpaired) electrons. The molecule has 2 fully saturated rings. The summed E-state index contributed by atoms with van der Waals surface area (Å²) in [4.78, 5) is 0. The molecule has 0 aromatic rings. The number of rotatable bonds is 6. The number of sulfonamides is 1. The van der Waals surface area contributed by atoms with E-state index >= 15 is 0 Å². The van der Waals surface area contributed by atoms with Gasteiger partial charge in [-0.15, -0.1) is 0 Å². The Bertz CT molecular complexity index is 357. The molecule has 2 aliphatic heterocycles. The van der Waals surface area contributed by atoms with Crippen molar-refractivity contribution in [1.82, 2.24) is 10.0 Å². The van der Waals surface area contributed by atoms with Gasteiger partial charge in [-0.25, -0.2) is 13.1 Å². The van der Waals surface area contributed by atoms with E-state index in [2.05, 4.69) is 17.0 Å². The third-order valence-electron chi connectivity index (χ3n) is 4.10. The van der Waals surface area contributed by atoms with Gasteiger partial charge in [0.05, 0.1) is 5.75 Å². The minimum Gasteiger partial charge on any atom is -0.311 e. The molecule has 2 heterocycles. The van der Waals surface area contributed by atoms with E-state index in [9.17, 15) is 8.42 Å². The van der Waals surface area contributed by atoms with Crippen molar-refractivity contribution in [3.05, 3.63) is 0 Å². The second kappa shape index (κ2) is 5.88. The molecule has 0 aromatic carbocycles. The molecule has 0 amide bonds. The molecule has 0 spiro atoms. The van der Waals surface area contributed by atoms with Gasteiger partial charge in [0.15, 0.2) is 0 Å². The molecule has 2 bridgehead atoms. The molecule has 3 atom stereocenters. The van der Waals surface area contributed by atoms with Crippen LogP contribution in [0.15, 0.2) is 0 Å². The lowest BCUT2D eigenvalue weighted by molar-refractivity contribution is 0.344. The van der Waals surface area contributed by atoms with Gasteiger partial charge in [-0.2, -0.15) is 0 Å². The molecule has 0 aromatic heterocycles. The quantitative estimate of drug-likeness (QED) is 0.774. The maximum absolute atomic E-state index is 12.1. The molecule has 5 heteroatoms. The fourth-order valence-corrected chi connectivity index (χ4v) is 5.12. The van der Waals surface area contributed by atoms with Crippen molar-refractivity contribution in [2.75, 3.05) is 5.75 Å². The van der Waals surface area contributed by atoms with Gasteiger partial charge in [0.2, 0.25) is 10.0 Å². The first kappa shape index (κ1) is 14.3. The van der Waals surface area contributed by atoms with E-state index in [1.807, 2.05) is 6.92 Å². The van der Waals surface area contributed by atoms with Crippen LogP contribution in [0.3, 0.4) is 0 Å². The Kier molecular flexibility index (Phi) is 4.67. The highest BCUT2D eigenvalue weighted by atomic mass is 32.2. The van der Waals surface area contributed by atoms with Gasteiger partial charge < -0.3 is 5.32 Å². The van der Waals surface area contributed by atoms with Gasteiger partial charge in [0, 0.05) is 18.1 Å². The van der Waals surface area contributed by atoms with Gasteiger partial charge in [0.1, 0.15) is 0 Å². The largest absolute Gasteiger partial charge is 0.311 e. The highest BCUT2D eigenvalue weighted by Gasteiger charge is 2.35. The van der Waals surface area contributed by atoms with Crippen LogP contribution >= 0.6 is 0 Å². The van der Waals surface area contributed by atoms with Crippen molar-refractivity contribution in [3.63, 3.8) is 0 Å². The molecule has 2 aliphatic rings. The van der Waals surface area contributed by atoms with E-state index in [0.717, 1.165) is 25.7 Å². The Labute approximate surface area is 111 Å². The Morgan fingerprint density at radius 2 is 1.89 bits per heavy atom. The van der Waals surface area contributed by atoms with Gasteiger partial charge in [0.25, 0.3) is 0 Å². The van der Waals surface area contributed by atoms with E-state index < -0.39 is 10.0 Å². The van der Waals surface area contributed by atoms with E-state index in [1.165, 1.54) is 12.8 Å². The lowest BCUT2D eigenvalue weighted by Gasteiger charge is -2.29. The van der Waals surface area contributed by atoms with Gasteiger partial charge in [-0.05, 0) is 38.0 Å². The summed E-state index contributed by atoms with van der Waals surface area (Å²) in [6, 6.07) is 1.22. The fourth-order valence-electron chi connectivity index (χ4n) is 3.41. The maximum Gasteiger partial charge on any atom is 0.212 e. The average Bonchev–Trinajstić information content (AvgIpc) is 2.56. The van der Waals surface area contributed by atoms with E-state index in [-0.39, 0.29) is 17.7 Å².